The smallest absolute Gasteiger partial charge is 0.345 e. The Balaban J connectivity index is 1.83. The second-order valence-electron chi connectivity index (χ2n) is 4.59. The third-order valence-electron chi connectivity index (χ3n) is 3.00. The van der Waals surface area contributed by atoms with E-state index in [1.54, 1.807) is 6.07 Å². The summed E-state index contributed by atoms with van der Waals surface area (Å²) >= 11 is 0.850. The maximum Gasteiger partial charge on any atom is 0.345 e. The van der Waals surface area contributed by atoms with Crippen LogP contribution in [0.25, 0.3) is 11.3 Å². The van der Waals surface area contributed by atoms with Crippen molar-refractivity contribution < 1.29 is 18.3 Å². The van der Waals surface area contributed by atoms with E-state index in [-0.39, 0.29) is 15.6 Å². The molecule has 2 heterocycles. The summed E-state index contributed by atoms with van der Waals surface area (Å²) in [5.74, 6) is -1.03. The van der Waals surface area contributed by atoms with Crippen LogP contribution in [0.4, 0.5) is 5.82 Å². The molecule has 2 aromatic heterocycles. The van der Waals surface area contributed by atoms with Crippen LogP contribution >= 0.6 is 11.3 Å². The minimum atomic E-state index is -3.88. The second kappa shape index (κ2) is 5.86. The van der Waals surface area contributed by atoms with Gasteiger partial charge in [0.25, 0.3) is 10.0 Å². The Morgan fingerprint density at radius 1 is 1.22 bits per heavy atom. The topological polar surface area (TPSA) is 112 Å². The van der Waals surface area contributed by atoms with Gasteiger partial charge in [-0.25, -0.2) is 13.2 Å². The Kier molecular flexibility index (Phi) is 3.89. The van der Waals surface area contributed by atoms with Crippen LogP contribution in [0.3, 0.4) is 0 Å². The second-order valence-corrected chi connectivity index (χ2v) is 7.18. The molecule has 0 aliphatic rings. The third kappa shape index (κ3) is 3.25. The van der Waals surface area contributed by atoms with Crippen LogP contribution in [-0.2, 0) is 10.0 Å². The van der Waals surface area contributed by atoms with E-state index in [0.717, 1.165) is 23.0 Å². The standard InChI is InChI=1S/C14H11N3O4S2/c18-14(19)12-6-10(8-22-12)23(20,21)17-13-7-11(15-16-13)9-4-2-1-3-5-9/h1-8H,(H,18,19)(H2,15,16,17). The molecule has 0 saturated heterocycles. The highest BCUT2D eigenvalue weighted by atomic mass is 32.2. The molecule has 0 aliphatic carbocycles. The zero-order valence-electron chi connectivity index (χ0n) is 11.6. The number of hydrogen-bond donors (Lipinski definition) is 3. The Hall–Kier alpha value is -2.65. The zero-order valence-corrected chi connectivity index (χ0v) is 13.2. The van der Waals surface area contributed by atoms with Crippen LogP contribution in [-0.4, -0.2) is 29.7 Å². The molecular weight excluding hydrogens is 338 g/mol. The van der Waals surface area contributed by atoms with E-state index < -0.39 is 16.0 Å². The molecule has 0 radical (unpaired) electrons. The number of rotatable bonds is 5. The average molecular weight is 349 g/mol. The number of aromatic amines is 1. The third-order valence-corrected chi connectivity index (χ3v) is 5.40. The van der Waals surface area contributed by atoms with Gasteiger partial charge in [-0.2, -0.15) is 5.10 Å². The Morgan fingerprint density at radius 2 is 1.96 bits per heavy atom. The van der Waals surface area contributed by atoms with Crippen molar-refractivity contribution in [3.8, 4) is 11.3 Å². The fourth-order valence-electron chi connectivity index (χ4n) is 1.91. The predicted molar refractivity (Wildman–Crippen MR) is 86.1 cm³/mol. The summed E-state index contributed by atoms with van der Waals surface area (Å²) in [6.45, 7) is 0. The van der Waals surface area contributed by atoms with Crippen LogP contribution in [0.5, 0.6) is 0 Å². The average Bonchev–Trinajstić information content (AvgIpc) is 3.17. The first-order valence-electron chi connectivity index (χ1n) is 6.41. The maximum atomic E-state index is 12.2. The first-order valence-corrected chi connectivity index (χ1v) is 8.77. The Bertz CT molecular complexity index is 945. The molecule has 3 aromatic rings. The number of H-pyrrole nitrogens is 1. The molecule has 9 heteroatoms. The summed E-state index contributed by atoms with van der Waals surface area (Å²) in [7, 11) is -3.88. The minimum absolute atomic E-state index is 0.0441. The maximum absolute atomic E-state index is 12.2. The molecule has 3 N–H and O–H groups in total. The molecule has 3 rings (SSSR count). The number of sulfonamides is 1. The molecule has 1 aromatic carbocycles. The molecule has 0 amide bonds. The van der Waals surface area contributed by atoms with Crippen LogP contribution in [0.15, 0.2) is 52.7 Å². The number of aromatic carboxylic acids is 1. The minimum Gasteiger partial charge on any atom is -0.477 e. The highest BCUT2D eigenvalue weighted by Crippen LogP contribution is 2.24. The summed E-state index contributed by atoms with van der Waals surface area (Å²) in [5, 5.41) is 16.8. The van der Waals surface area contributed by atoms with Crippen LogP contribution < -0.4 is 4.72 Å². The van der Waals surface area contributed by atoms with E-state index in [1.165, 1.54) is 5.38 Å². The van der Waals surface area contributed by atoms with Crippen molar-refractivity contribution in [1.29, 1.82) is 0 Å². The summed E-state index contributed by atoms with van der Waals surface area (Å²) in [6.07, 6.45) is 0. The van der Waals surface area contributed by atoms with Gasteiger partial charge in [-0.3, -0.25) is 9.82 Å². The number of nitrogens with zero attached hydrogens (tertiary/aromatic N) is 1. The zero-order chi connectivity index (χ0) is 16.4. The highest BCUT2D eigenvalue weighted by molar-refractivity contribution is 7.92. The number of thiophene rings is 1. The van der Waals surface area contributed by atoms with Crippen molar-refractivity contribution in [2.45, 2.75) is 4.90 Å². The van der Waals surface area contributed by atoms with Gasteiger partial charge in [-0.15, -0.1) is 11.3 Å². The van der Waals surface area contributed by atoms with Crippen LogP contribution in [0.1, 0.15) is 9.67 Å². The number of carbonyl (C=O) groups is 1. The van der Waals surface area contributed by atoms with E-state index in [4.69, 9.17) is 5.11 Å². The molecule has 7 nitrogen and oxygen atoms in total. The lowest BCUT2D eigenvalue weighted by Gasteiger charge is -2.01. The fourth-order valence-corrected chi connectivity index (χ4v) is 4.01. The first kappa shape index (κ1) is 15.3. The molecule has 118 valence electrons. The Morgan fingerprint density at radius 3 is 2.61 bits per heavy atom. The number of aromatic nitrogens is 2. The molecule has 23 heavy (non-hydrogen) atoms. The number of nitrogens with one attached hydrogen (secondary N) is 2. The van der Waals surface area contributed by atoms with Gasteiger partial charge in [0.1, 0.15) is 4.88 Å². The lowest BCUT2D eigenvalue weighted by atomic mass is 10.2. The van der Waals surface area contributed by atoms with Crippen molar-refractivity contribution in [3.63, 3.8) is 0 Å². The predicted octanol–water partition coefficient (Wildman–Crippen LogP) is 2.64. The molecular formula is C14H11N3O4S2. The van der Waals surface area contributed by atoms with Crippen LogP contribution in [0.2, 0.25) is 0 Å². The molecule has 0 atom stereocenters. The van der Waals surface area contributed by atoms with Crippen molar-refractivity contribution in [2.75, 3.05) is 4.72 Å². The van der Waals surface area contributed by atoms with Gasteiger partial charge in [-0.05, 0) is 11.6 Å². The molecule has 0 unspecified atom stereocenters. The molecule has 0 fully saturated rings. The van der Waals surface area contributed by atoms with Gasteiger partial charge in [0.05, 0.1) is 10.6 Å². The fraction of sp³-hybridized carbons (Fsp3) is 0. The number of hydrogen-bond acceptors (Lipinski definition) is 5. The van der Waals surface area contributed by atoms with Crippen molar-refractivity contribution in [1.82, 2.24) is 10.2 Å². The molecule has 0 spiro atoms. The number of carboxylic acid groups (broad SMARTS) is 1. The van der Waals surface area contributed by atoms with E-state index in [0.29, 0.717) is 5.69 Å². The SMILES string of the molecule is O=C(O)c1cc(S(=O)(=O)Nc2cc(-c3ccccc3)[nH]n2)cs1. The molecule has 0 saturated carbocycles. The summed E-state index contributed by atoms with van der Waals surface area (Å²) < 4.78 is 26.8. The lowest BCUT2D eigenvalue weighted by molar-refractivity contribution is 0.0702. The quantitative estimate of drug-likeness (QED) is 0.655. The number of benzene rings is 1. The molecule has 0 aliphatic heterocycles. The van der Waals surface area contributed by atoms with Gasteiger partial charge >= 0.3 is 5.97 Å². The van der Waals surface area contributed by atoms with Crippen molar-refractivity contribution in [3.05, 3.63) is 52.7 Å². The van der Waals surface area contributed by atoms with E-state index in [1.807, 2.05) is 30.3 Å². The molecule has 0 bridgehead atoms. The van der Waals surface area contributed by atoms with Crippen molar-refractivity contribution >= 4 is 33.1 Å². The van der Waals surface area contributed by atoms with Crippen LogP contribution in [0, 0.1) is 0 Å². The largest absolute Gasteiger partial charge is 0.477 e. The van der Waals surface area contributed by atoms with Gasteiger partial charge in [0.15, 0.2) is 5.82 Å². The highest BCUT2D eigenvalue weighted by Gasteiger charge is 2.19. The van der Waals surface area contributed by atoms with Crippen molar-refractivity contribution in [2.24, 2.45) is 0 Å². The Labute approximate surface area is 135 Å². The monoisotopic (exact) mass is 349 g/mol. The van der Waals surface area contributed by atoms with Gasteiger partial charge < -0.3 is 5.11 Å². The first-order chi connectivity index (χ1) is 11.0. The van der Waals surface area contributed by atoms with E-state index in [9.17, 15) is 13.2 Å². The normalized spacial score (nSPS) is 11.3. The lowest BCUT2D eigenvalue weighted by Crippen LogP contribution is -2.12. The summed E-state index contributed by atoms with van der Waals surface area (Å²) in [4.78, 5) is 10.7. The van der Waals surface area contributed by atoms with Gasteiger partial charge in [0, 0.05) is 11.4 Å². The number of anilines is 1. The number of carboxylic acids is 1. The summed E-state index contributed by atoms with van der Waals surface area (Å²) in [5.41, 5.74) is 1.54. The van der Waals surface area contributed by atoms with Gasteiger partial charge in [0.2, 0.25) is 0 Å². The van der Waals surface area contributed by atoms with E-state index in [2.05, 4.69) is 14.9 Å². The summed E-state index contributed by atoms with van der Waals surface area (Å²) in [6, 6.07) is 12.0. The van der Waals surface area contributed by atoms with Gasteiger partial charge in [-0.1, -0.05) is 30.3 Å². The van der Waals surface area contributed by atoms with E-state index >= 15 is 0 Å².